The molecule has 0 unspecified atom stereocenters. The van der Waals surface area contributed by atoms with Gasteiger partial charge >= 0.3 is 5.63 Å². The molecule has 1 aliphatic rings. The number of nitrogens with zero attached hydrogens (tertiary/aromatic N) is 1. The van der Waals surface area contributed by atoms with Crippen LogP contribution in [0.2, 0.25) is 0 Å². The molecule has 35 heavy (non-hydrogen) atoms. The third-order valence-corrected chi connectivity index (χ3v) is 7.60. The van der Waals surface area contributed by atoms with Gasteiger partial charge in [0.15, 0.2) is 11.5 Å². The predicted octanol–water partition coefficient (Wildman–Crippen LogP) is 3.74. The Balaban J connectivity index is 0.00000342. The molecular weight excluding hydrogens is 492 g/mol. The van der Waals surface area contributed by atoms with Gasteiger partial charge in [-0.3, -0.25) is 4.90 Å². The van der Waals surface area contributed by atoms with Gasteiger partial charge in [0, 0.05) is 31.1 Å². The van der Waals surface area contributed by atoms with Crippen LogP contribution in [0.1, 0.15) is 30.4 Å². The molecule has 0 amide bonds. The van der Waals surface area contributed by atoms with E-state index >= 15 is 0 Å². The molecule has 0 atom stereocenters. The van der Waals surface area contributed by atoms with Gasteiger partial charge in [-0.15, -0.1) is 12.4 Å². The van der Waals surface area contributed by atoms with Crippen molar-refractivity contribution in [1.82, 2.24) is 9.62 Å². The minimum Gasteiger partial charge on any atom is -0.493 e. The molecule has 0 radical (unpaired) electrons. The average molecular weight is 523 g/mol. The summed E-state index contributed by atoms with van der Waals surface area (Å²) in [5, 5.41) is 0.571. The minimum atomic E-state index is -3.62. The topological polar surface area (TPSA) is 98.1 Å². The fraction of sp³-hybridized carbons (Fsp3) is 0.400. The SMILES string of the molecule is COc1cc2c(cc1OC)CN(CCCCCNS(=O)(=O)c1ccc3oc(=O)ccc3c1)CC2.Cl. The van der Waals surface area contributed by atoms with E-state index in [0.717, 1.165) is 56.8 Å². The Bertz CT molecular complexity index is 1330. The largest absolute Gasteiger partial charge is 0.493 e. The first-order chi connectivity index (χ1) is 16.4. The Morgan fingerprint density at radius 1 is 0.971 bits per heavy atom. The number of nitrogens with one attached hydrogen (secondary N) is 1. The van der Waals surface area contributed by atoms with Crippen LogP contribution < -0.4 is 19.8 Å². The lowest BCUT2D eigenvalue weighted by atomic mass is 9.98. The van der Waals surface area contributed by atoms with Crippen LogP contribution in [0.15, 0.2) is 56.6 Å². The van der Waals surface area contributed by atoms with Gasteiger partial charge < -0.3 is 13.9 Å². The monoisotopic (exact) mass is 522 g/mol. The van der Waals surface area contributed by atoms with Crippen molar-refractivity contribution in [2.45, 2.75) is 37.1 Å². The fourth-order valence-electron chi connectivity index (χ4n) is 4.28. The quantitative estimate of drug-likeness (QED) is 0.320. The summed E-state index contributed by atoms with van der Waals surface area (Å²) in [4.78, 5) is 13.9. The van der Waals surface area contributed by atoms with Crippen LogP contribution in [0.5, 0.6) is 11.5 Å². The number of unbranched alkanes of at least 4 members (excludes halogenated alkanes) is 2. The summed E-state index contributed by atoms with van der Waals surface area (Å²) < 4.78 is 43.8. The molecule has 0 fully saturated rings. The Hall–Kier alpha value is -2.59. The number of halogens is 1. The molecule has 3 aromatic rings. The molecule has 1 N–H and O–H groups in total. The van der Waals surface area contributed by atoms with Crippen molar-refractivity contribution in [2.24, 2.45) is 0 Å². The molecule has 190 valence electrons. The molecule has 0 spiro atoms. The van der Waals surface area contributed by atoms with Crippen LogP contribution in [0.4, 0.5) is 0 Å². The second-order valence-corrected chi connectivity index (χ2v) is 10.2. The van der Waals surface area contributed by atoms with E-state index in [0.29, 0.717) is 17.5 Å². The summed E-state index contributed by atoms with van der Waals surface area (Å²) in [5.41, 5.74) is 2.48. The summed E-state index contributed by atoms with van der Waals surface area (Å²) >= 11 is 0. The highest BCUT2D eigenvalue weighted by Gasteiger charge is 2.19. The van der Waals surface area contributed by atoms with Crippen molar-refractivity contribution in [1.29, 1.82) is 0 Å². The van der Waals surface area contributed by atoms with E-state index in [9.17, 15) is 13.2 Å². The number of rotatable bonds is 10. The second kappa shape index (κ2) is 11.9. The normalized spacial score (nSPS) is 13.8. The lowest BCUT2D eigenvalue weighted by Crippen LogP contribution is -2.31. The van der Waals surface area contributed by atoms with Gasteiger partial charge in [0.1, 0.15) is 5.58 Å². The number of sulfonamides is 1. The van der Waals surface area contributed by atoms with E-state index in [1.807, 2.05) is 0 Å². The number of hydrogen-bond donors (Lipinski definition) is 1. The molecule has 2 aromatic carbocycles. The molecule has 0 bridgehead atoms. The van der Waals surface area contributed by atoms with E-state index in [1.54, 1.807) is 20.3 Å². The number of ether oxygens (including phenoxy) is 2. The maximum absolute atomic E-state index is 12.6. The van der Waals surface area contributed by atoms with Crippen molar-refractivity contribution in [3.63, 3.8) is 0 Å². The molecule has 1 aliphatic heterocycles. The molecule has 1 aromatic heterocycles. The number of methoxy groups -OCH3 is 2. The standard InChI is InChI=1S/C25H30N2O6S.ClH/c1-31-23-15-18-10-13-27(17-20(18)16-24(23)32-2)12-5-3-4-11-26-34(29,30)21-7-8-22-19(14-21)6-9-25(28)33-22;/h6-9,14-16,26H,3-5,10-13,17H2,1-2H3;1H. The van der Waals surface area contributed by atoms with Crippen molar-refractivity contribution >= 4 is 33.4 Å². The smallest absolute Gasteiger partial charge is 0.336 e. The van der Waals surface area contributed by atoms with Crippen molar-refractivity contribution < 1.29 is 22.3 Å². The van der Waals surface area contributed by atoms with Gasteiger partial charge in [0.05, 0.1) is 19.1 Å². The van der Waals surface area contributed by atoms with Crippen molar-refractivity contribution in [2.75, 3.05) is 33.9 Å². The third-order valence-electron chi connectivity index (χ3n) is 6.14. The number of fused-ring (bicyclic) bond motifs is 2. The van der Waals surface area contributed by atoms with Gasteiger partial charge in [-0.25, -0.2) is 17.9 Å². The van der Waals surface area contributed by atoms with Gasteiger partial charge in [-0.2, -0.15) is 0 Å². The van der Waals surface area contributed by atoms with Crippen LogP contribution in [0.3, 0.4) is 0 Å². The highest BCUT2D eigenvalue weighted by atomic mass is 35.5. The predicted molar refractivity (Wildman–Crippen MR) is 137 cm³/mol. The Morgan fingerprint density at radius 3 is 2.46 bits per heavy atom. The molecule has 0 aliphatic carbocycles. The molecule has 2 heterocycles. The molecule has 10 heteroatoms. The summed E-state index contributed by atoms with van der Waals surface area (Å²) in [5.74, 6) is 1.53. The lowest BCUT2D eigenvalue weighted by Gasteiger charge is -2.29. The van der Waals surface area contributed by atoms with E-state index in [2.05, 4.69) is 21.8 Å². The first kappa shape index (κ1) is 27.0. The minimum absolute atomic E-state index is 0. The Labute approximate surface area is 211 Å². The highest BCUT2D eigenvalue weighted by Crippen LogP contribution is 2.33. The highest BCUT2D eigenvalue weighted by molar-refractivity contribution is 7.89. The zero-order chi connectivity index (χ0) is 24.1. The van der Waals surface area contributed by atoms with Gasteiger partial charge in [-0.05, 0) is 73.3 Å². The zero-order valence-corrected chi connectivity index (χ0v) is 21.5. The molecule has 4 rings (SSSR count). The van der Waals surface area contributed by atoms with Crippen LogP contribution in [0, 0.1) is 0 Å². The zero-order valence-electron chi connectivity index (χ0n) is 19.9. The lowest BCUT2D eigenvalue weighted by molar-refractivity contribution is 0.247. The number of hydrogen-bond acceptors (Lipinski definition) is 7. The summed E-state index contributed by atoms with van der Waals surface area (Å²) in [6.07, 6.45) is 3.67. The molecule has 0 saturated carbocycles. The summed E-state index contributed by atoms with van der Waals surface area (Å²) in [6, 6.07) is 11.4. The van der Waals surface area contributed by atoms with Crippen LogP contribution in [-0.2, 0) is 23.0 Å². The van der Waals surface area contributed by atoms with Crippen molar-refractivity contribution in [3.8, 4) is 11.5 Å². The number of benzene rings is 2. The maximum atomic E-state index is 12.6. The Morgan fingerprint density at radius 2 is 1.71 bits per heavy atom. The van der Waals surface area contributed by atoms with Gasteiger partial charge in [-0.1, -0.05) is 6.42 Å². The second-order valence-electron chi connectivity index (χ2n) is 8.41. The summed E-state index contributed by atoms with van der Waals surface area (Å²) in [7, 11) is -0.312. The third kappa shape index (κ3) is 6.55. The Kier molecular flexibility index (Phi) is 9.18. The molecule has 0 saturated heterocycles. The summed E-state index contributed by atoms with van der Waals surface area (Å²) in [6.45, 7) is 3.22. The molecular formula is C25H31ClN2O6S. The average Bonchev–Trinajstić information content (AvgIpc) is 2.84. The first-order valence-electron chi connectivity index (χ1n) is 11.4. The van der Waals surface area contributed by atoms with Crippen LogP contribution in [0.25, 0.3) is 11.0 Å². The van der Waals surface area contributed by atoms with E-state index in [4.69, 9.17) is 13.9 Å². The maximum Gasteiger partial charge on any atom is 0.336 e. The fourth-order valence-corrected chi connectivity index (χ4v) is 5.39. The van der Waals surface area contributed by atoms with Gasteiger partial charge in [0.2, 0.25) is 10.0 Å². The van der Waals surface area contributed by atoms with Crippen LogP contribution >= 0.6 is 12.4 Å². The van der Waals surface area contributed by atoms with E-state index in [1.165, 1.54) is 35.4 Å². The van der Waals surface area contributed by atoms with Crippen LogP contribution in [-0.4, -0.2) is 47.2 Å². The van der Waals surface area contributed by atoms with E-state index < -0.39 is 15.6 Å². The van der Waals surface area contributed by atoms with Gasteiger partial charge in [0.25, 0.3) is 0 Å². The molecule has 8 nitrogen and oxygen atoms in total. The van der Waals surface area contributed by atoms with Crippen molar-refractivity contribution in [3.05, 3.63) is 64.0 Å². The van der Waals surface area contributed by atoms with E-state index in [-0.39, 0.29) is 17.3 Å². The first-order valence-corrected chi connectivity index (χ1v) is 12.9.